The fraction of sp³-hybridized carbons (Fsp3) is 0.517. The van der Waals surface area contributed by atoms with Crippen LogP contribution in [0.25, 0.3) is 0 Å². The summed E-state index contributed by atoms with van der Waals surface area (Å²) in [6.45, 7) is 10.9. The van der Waals surface area contributed by atoms with Gasteiger partial charge in [0.2, 0.25) is 5.88 Å². The number of aliphatic carboxylic acids is 1. The van der Waals surface area contributed by atoms with E-state index >= 15 is 0 Å². The van der Waals surface area contributed by atoms with Crippen molar-refractivity contribution in [3.8, 4) is 5.88 Å². The zero-order valence-electron chi connectivity index (χ0n) is 23.9. The van der Waals surface area contributed by atoms with Crippen LogP contribution in [0.15, 0.2) is 47.6 Å². The lowest BCUT2D eigenvalue weighted by Crippen LogP contribution is -2.35. The molecule has 3 N–H and O–H groups in total. The van der Waals surface area contributed by atoms with Gasteiger partial charge in [-0.2, -0.15) is 4.31 Å². The number of carboxylic acid groups (broad SMARTS) is 1. The van der Waals surface area contributed by atoms with Crippen LogP contribution >= 0.6 is 10.8 Å². The monoisotopic (exact) mass is 571 g/mol. The summed E-state index contributed by atoms with van der Waals surface area (Å²) in [5.74, 6) is -0.925. The average Bonchev–Trinajstić information content (AvgIpc) is 3.32. The smallest absolute Gasteiger partial charge is 0.309 e. The molecule has 0 radical (unpaired) electrons. The number of hydrogen-bond donors (Lipinski definition) is 3. The predicted molar refractivity (Wildman–Crippen MR) is 154 cm³/mol. The van der Waals surface area contributed by atoms with Crippen molar-refractivity contribution in [3.05, 3.63) is 65.1 Å². The second kappa shape index (κ2) is 12.3. The predicted octanol–water partition coefficient (Wildman–Crippen LogP) is 5.92. The molecule has 1 aliphatic rings. The van der Waals surface area contributed by atoms with Crippen LogP contribution in [0.5, 0.6) is 5.88 Å². The number of rotatable bonds is 11. The van der Waals surface area contributed by atoms with Crippen molar-refractivity contribution in [2.75, 3.05) is 6.54 Å². The zero-order chi connectivity index (χ0) is 29.1. The highest BCUT2D eigenvalue weighted by atomic mass is 32.3. The maximum absolute atomic E-state index is 12.4. The molecule has 0 bridgehead atoms. The first-order valence-electron chi connectivity index (χ1n) is 13.8. The summed E-state index contributed by atoms with van der Waals surface area (Å²) in [7, 11) is -3.37. The standard InChI is InChI=1S/C29H41N5O5S/c1-6-15-33-18-23(31-32-33)12-13-25(29(4,5)28(35)36)21-11-10-20(3)22(16-21)17-34-19-24(7-2)39-27-26(40(34,37)38)9-8-14-30-27/h8-11,14,16,18,24-25,37-38H,6-7,12-13,15,17,19H2,1-5H3,(H,35,36). The molecule has 1 aromatic carbocycles. The molecule has 0 saturated heterocycles. The van der Waals surface area contributed by atoms with E-state index in [0.29, 0.717) is 25.8 Å². The summed E-state index contributed by atoms with van der Waals surface area (Å²) in [4.78, 5) is 16.9. The number of aromatic nitrogens is 4. The second-order valence-electron chi connectivity index (χ2n) is 11.1. The number of benzene rings is 1. The lowest BCUT2D eigenvalue weighted by atomic mass is 9.72. The van der Waals surface area contributed by atoms with Crippen LogP contribution in [-0.2, 0) is 24.3 Å². The lowest BCUT2D eigenvalue weighted by Gasteiger charge is -2.42. The van der Waals surface area contributed by atoms with Gasteiger partial charge in [0.1, 0.15) is 11.0 Å². The van der Waals surface area contributed by atoms with E-state index in [1.165, 1.54) is 0 Å². The van der Waals surface area contributed by atoms with Crippen LogP contribution in [0.1, 0.15) is 75.3 Å². The van der Waals surface area contributed by atoms with E-state index in [2.05, 4.69) is 22.2 Å². The number of carboxylic acids is 1. The molecule has 1 aliphatic heterocycles. The van der Waals surface area contributed by atoms with Crippen LogP contribution in [0.2, 0.25) is 0 Å². The van der Waals surface area contributed by atoms with Gasteiger partial charge in [0, 0.05) is 25.5 Å². The molecule has 40 heavy (non-hydrogen) atoms. The molecule has 0 spiro atoms. The van der Waals surface area contributed by atoms with Crippen molar-refractivity contribution >= 4 is 16.7 Å². The summed E-state index contributed by atoms with van der Waals surface area (Å²) in [5.41, 5.74) is 2.58. The molecule has 2 unspecified atom stereocenters. The Morgan fingerprint density at radius 2 is 2.02 bits per heavy atom. The third-order valence-electron chi connectivity index (χ3n) is 7.80. The molecule has 4 rings (SSSR count). The molecule has 218 valence electrons. The Balaban J connectivity index is 1.65. The Kier molecular flexibility index (Phi) is 9.19. The molecule has 0 amide bonds. The summed E-state index contributed by atoms with van der Waals surface area (Å²) in [6, 6.07) is 9.31. The van der Waals surface area contributed by atoms with Gasteiger partial charge in [0.25, 0.3) is 0 Å². The normalized spacial score (nSPS) is 18.8. The lowest BCUT2D eigenvalue weighted by molar-refractivity contribution is -0.148. The SMILES string of the molecule is CCCn1cc(CCC(c2ccc(C)c(CN3CC(CC)Oc4ncccc4S3(O)O)c2)C(C)(C)C(=O)O)nn1. The van der Waals surface area contributed by atoms with E-state index in [1.807, 2.05) is 42.9 Å². The summed E-state index contributed by atoms with van der Waals surface area (Å²) in [5, 5.41) is 18.6. The van der Waals surface area contributed by atoms with Gasteiger partial charge in [-0.25, -0.2) is 4.98 Å². The van der Waals surface area contributed by atoms with Crippen molar-refractivity contribution in [2.24, 2.45) is 5.41 Å². The molecular formula is C29H41N5O5S. The van der Waals surface area contributed by atoms with E-state index in [0.717, 1.165) is 35.3 Å². The van der Waals surface area contributed by atoms with Crippen LogP contribution in [0.3, 0.4) is 0 Å². The number of aryl methyl sites for hydroxylation is 3. The molecule has 3 heterocycles. The molecular weight excluding hydrogens is 530 g/mol. The Bertz CT molecular complexity index is 1330. The maximum atomic E-state index is 12.4. The van der Waals surface area contributed by atoms with E-state index in [-0.39, 0.29) is 29.3 Å². The Hall–Kier alpha value is -2.99. The van der Waals surface area contributed by atoms with Crippen LogP contribution in [0.4, 0.5) is 0 Å². The van der Waals surface area contributed by atoms with E-state index < -0.39 is 22.2 Å². The highest BCUT2D eigenvalue weighted by molar-refractivity contribution is 8.22. The number of hydrogen-bond acceptors (Lipinski definition) is 8. The first-order valence-corrected chi connectivity index (χ1v) is 15.3. The first-order chi connectivity index (χ1) is 19.0. The number of carbonyl (C=O) groups is 1. The topological polar surface area (TPSA) is 134 Å². The van der Waals surface area contributed by atoms with Gasteiger partial charge in [0.05, 0.1) is 17.7 Å². The average molecular weight is 572 g/mol. The fourth-order valence-electron chi connectivity index (χ4n) is 5.15. The van der Waals surface area contributed by atoms with Crippen LogP contribution in [0, 0.1) is 12.3 Å². The molecule has 10 nitrogen and oxygen atoms in total. The van der Waals surface area contributed by atoms with Gasteiger partial charge in [-0.3, -0.25) is 18.6 Å². The van der Waals surface area contributed by atoms with E-state index in [4.69, 9.17) is 4.74 Å². The minimum absolute atomic E-state index is 0.251. The summed E-state index contributed by atoms with van der Waals surface area (Å²) < 4.78 is 32.4. The van der Waals surface area contributed by atoms with Gasteiger partial charge in [-0.1, -0.05) is 37.3 Å². The fourth-order valence-corrected chi connectivity index (χ4v) is 6.72. The zero-order valence-corrected chi connectivity index (χ0v) is 24.8. The Labute approximate surface area is 237 Å². The minimum atomic E-state index is -3.37. The number of pyridine rings is 1. The molecule has 0 fully saturated rings. The van der Waals surface area contributed by atoms with Crippen molar-refractivity contribution in [3.63, 3.8) is 0 Å². The quantitative estimate of drug-likeness (QED) is 0.256. The molecule has 2 aromatic heterocycles. The highest BCUT2D eigenvalue weighted by Gasteiger charge is 2.39. The van der Waals surface area contributed by atoms with Crippen LogP contribution in [-0.4, -0.2) is 57.1 Å². The summed E-state index contributed by atoms with van der Waals surface area (Å²) in [6.07, 6.45) is 6.07. The minimum Gasteiger partial charge on any atom is -0.481 e. The number of ether oxygens (including phenoxy) is 1. The molecule has 3 aromatic rings. The van der Waals surface area contributed by atoms with Gasteiger partial charge in [0.15, 0.2) is 0 Å². The Morgan fingerprint density at radius 1 is 1.25 bits per heavy atom. The van der Waals surface area contributed by atoms with Gasteiger partial charge < -0.3 is 9.84 Å². The maximum Gasteiger partial charge on any atom is 0.309 e. The number of nitrogens with zero attached hydrogens (tertiary/aromatic N) is 5. The number of fused-ring (bicyclic) bond motifs is 1. The van der Waals surface area contributed by atoms with Gasteiger partial charge in [-0.15, -0.1) is 15.9 Å². The molecule has 0 aliphatic carbocycles. The van der Waals surface area contributed by atoms with Crippen LogP contribution < -0.4 is 4.74 Å². The molecule has 2 atom stereocenters. The first kappa shape index (κ1) is 30.0. The van der Waals surface area contributed by atoms with Crippen molar-refractivity contribution in [1.29, 1.82) is 0 Å². The van der Waals surface area contributed by atoms with Crippen molar-refractivity contribution in [1.82, 2.24) is 24.3 Å². The van der Waals surface area contributed by atoms with Crippen molar-refractivity contribution in [2.45, 2.75) is 90.3 Å². The summed E-state index contributed by atoms with van der Waals surface area (Å²) >= 11 is 0. The van der Waals surface area contributed by atoms with Gasteiger partial charge >= 0.3 is 5.97 Å². The second-order valence-corrected chi connectivity index (χ2v) is 13.1. The molecule has 11 heteroatoms. The van der Waals surface area contributed by atoms with E-state index in [9.17, 15) is 19.0 Å². The largest absolute Gasteiger partial charge is 0.481 e. The third-order valence-corrected chi connectivity index (χ3v) is 9.70. The third kappa shape index (κ3) is 6.33. The Morgan fingerprint density at radius 3 is 2.73 bits per heavy atom. The highest BCUT2D eigenvalue weighted by Crippen LogP contribution is 2.57. The van der Waals surface area contributed by atoms with E-state index in [1.54, 1.807) is 36.5 Å². The van der Waals surface area contributed by atoms with Gasteiger partial charge in [-0.05, 0) is 81.2 Å². The molecule has 0 saturated carbocycles. The van der Waals surface area contributed by atoms with Crippen molar-refractivity contribution < 1.29 is 23.7 Å².